The molecule has 1 aromatic carbocycles. The quantitative estimate of drug-likeness (QED) is 0.774. The molecule has 0 saturated heterocycles. The summed E-state index contributed by atoms with van der Waals surface area (Å²) in [4.78, 5) is 12.1. The minimum atomic E-state index is -0.132. The Balaban J connectivity index is 1.84. The van der Waals surface area contributed by atoms with Gasteiger partial charge >= 0.3 is 0 Å². The third-order valence-corrected chi connectivity index (χ3v) is 4.42. The van der Waals surface area contributed by atoms with Crippen LogP contribution >= 0.6 is 27.3 Å². The molecule has 1 amide bonds. The highest BCUT2D eigenvalue weighted by atomic mass is 79.9. The minimum Gasteiger partial charge on any atom is -0.322 e. The molecule has 0 aliphatic heterocycles. The van der Waals surface area contributed by atoms with Gasteiger partial charge in [-0.2, -0.15) is 0 Å². The lowest BCUT2D eigenvalue weighted by atomic mass is 10.2. The Morgan fingerprint density at radius 2 is 2.24 bits per heavy atom. The van der Waals surface area contributed by atoms with Crippen LogP contribution in [0.4, 0.5) is 5.69 Å². The first-order valence-electron chi connectivity index (χ1n) is 6.13. The Morgan fingerprint density at radius 3 is 2.90 bits per heavy atom. The third-order valence-electron chi connectivity index (χ3n) is 2.92. The van der Waals surface area contributed by atoms with Gasteiger partial charge in [-0.15, -0.1) is 21.5 Å². The summed E-state index contributed by atoms with van der Waals surface area (Å²) in [7, 11) is 1.88. The van der Waals surface area contributed by atoms with Crippen LogP contribution in [0.25, 0.3) is 11.4 Å². The molecule has 3 rings (SSSR count). The van der Waals surface area contributed by atoms with Crippen molar-refractivity contribution in [1.82, 2.24) is 14.8 Å². The highest BCUT2D eigenvalue weighted by molar-refractivity contribution is 9.11. The van der Waals surface area contributed by atoms with Crippen molar-refractivity contribution in [3.05, 3.63) is 51.4 Å². The molecule has 106 valence electrons. The molecule has 0 aliphatic rings. The van der Waals surface area contributed by atoms with Crippen molar-refractivity contribution in [2.45, 2.75) is 0 Å². The van der Waals surface area contributed by atoms with Gasteiger partial charge in [-0.1, -0.05) is 12.1 Å². The number of rotatable bonds is 3. The Morgan fingerprint density at radius 1 is 1.38 bits per heavy atom. The number of hydrogen-bond acceptors (Lipinski definition) is 4. The van der Waals surface area contributed by atoms with Gasteiger partial charge in [-0.25, -0.2) is 0 Å². The van der Waals surface area contributed by atoms with Crippen molar-refractivity contribution in [1.29, 1.82) is 0 Å². The van der Waals surface area contributed by atoms with Gasteiger partial charge in [0.1, 0.15) is 6.33 Å². The largest absolute Gasteiger partial charge is 0.322 e. The SMILES string of the molecule is Cn1cnnc1-c1cccc(NC(=O)c2csc(Br)c2)c1. The van der Waals surface area contributed by atoms with Crippen molar-refractivity contribution < 1.29 is 4.79 Å². The number of aryl methyl sites for hydroxylation is 1. The molecule has 0 fully saturated rings. The van der Waals surface area contributed by atoms with Gasteiger partial charge in [0.05, 0.1) is 9.35 Å². The summed E-state index contributed by atoms with van der Waals surface area (Å²) >= 11 is 4.83. The Hall–Kier alpha value is -1.99. The molecular formula is C14H11BrN4OS. The lowest BCUT2D eigenvalue weighted by molar-refractivity contribution is 0.102. The Bertz CT molecular complexity index is 796. The number of anilines is 1. The number of hydrogen-bond donors (Lipinski definition) is 1. The van der Waals surface area contributed by atoms with Gasteiger partial charge in [-0.05, 0) is 34.1 Å². The van der Waals surface area contributed by atoms with E-state index in [-0.39, 0.29) is 5.91 Å². The number of thiophene rings is 1. The fourth-order valence-electron chi connectivity index (χ4n) is 1.91. The van der Waals surface area contributed by atoms with E-state index in [2.05, 4.69) is 31.4 Å². The molecule has 2 aromatic heterocycles. The molecule has 0 saturated carbocycles. The molecule has 0 radical (unpaired) electrons. The zero-order valence-electron chi connectivity index (χ0n) is 11.1. The van der Waals surface area contributed by atoms with Crippen LogP contribution < -0.4 is 5.32 Å². The highest BCUT2D eigenvalue weighted by Gasteiger charge is 2.10. The van der Waals surface area contributed by atoms with Crippen molar-refractivity contribution in [3.8, 4) is 11.4 Å². The van der Waals surface area contributed by atoms with E-state index in [1.807, 2.05) is 41.3 Å². The topological polar surface area (TPSA) is 59.8 Å². The molecule has 0 spiro atoms. The van der Waals surface area contributed by atoms with E-state index in [1.165, 1.54) is 11.3 Å². The molecule has 21 heavy (non-hydrogen) atoms. The van der Waals surface area contributed by atoms with Crippen LogP contribution in [0.2, 0.25) is 0 Å². The number of benzene rings is 1. The standard InChI is InChI=1S/C14H11BrN4OS/c1-19-8-16-18-13(19)9-3-2-4-11(5-9)17-14(20)10-6-12(15)21-7-10/h2-8H,1H3,(H,17,20). The van der Waals surface area contributed by atoms with Gasteiger partial charge in [0, 0.05) is 23.7 Å². The summed E-state index contributed by atoms with van der Waals surface area (Å²) < 4.78 is 2.76. The zero-order chi connectivity index (χ0) is 14.8. The average molecular weight is 363 g/mol. The van der Waals surface area contributed by atoms with Crippen molar-refractivity contribution >= 4 is 38.9 Å². The molecule has 0 unspecified atom stereocenters. The molecule has 1 N–H and O–H groups in total. The predicted octanol–water partition coefficient (Wildman–Crippen LogP) is 3.56. The summed E-state index contributed by atoms with van der Waals surface area (Å²) in [5, 5.41) is 12.6. The third kappa shape index (κ3) is 3.03. The lowest BCUT2D eigenvalue weighted by Crippen LogP contribution is -2.10. The number of nitrogens with zero attached hydrogens (tertiary/aromatic N) is 3. The van der Waals surface area contributed by atoms with E-state index in [0.29, 0.717) is 5.56 Å². The van der Waals surface area contributed by atoms with E-state index >= 15 is 0 Å². The molecule has 3 aromatic rings. The maximum Gasteiger partial charge on any atom is 0.256 e. The smallest absolute Gasteiger partial charge is 0.256 e. The van der Waals surface area contributed by atoms with Crippen LogP contribution in [0.5, 0.6) is 0 Å². The van der Waals surface area contributed by atoms with E-state index in [4.69, 9.17) is 0 Å². The number of nitrogens with one attached hydrogen (secondary N) is 1. The average Bonchev–Trinajstić information content (AvgIpc) is 3.08. The van der Waals surface area contributed by atoms with Gasteiger partial charge in [-0.3, -0.25) is 4.79 Å². The lowest BCUT2D eigenvalue weighted by Gasteiger charge is -2.06. The highest BCUT2D eigenvalue weighted by Crippen LogP contribution is 2.23. The second kappa shape index (κ2) is 5.79. The van der Waals surface area contributed by atoms with Crippen LogP contribution in [-0.2, 0) is 7.05 Å². The van der Waals surface area contributed by atoms with E-state index in [9.17, 15) is 4.79 Å². The first-order valence-corrected chi connectivity index (χ1v) is 7.80. The van der Waals surface area contributed by atoms with Crippen LogP contribution in [0.1, 0.15) is 10.4 Å². The number of aromatic nitrogens is 3. The van der Waals surface area contributed by atoms with Crippen molar-refractivity contribution in [3.63, 3.8) is 0 Å². The van der Waals surface area contributed by atoms with Crippen LogP contribution in [0.15, 0.2) is 45.8 Å². The maximum atomic E-state index is 12.1. The number of carbonyl (C=O) groups excluding carboxylic acids is 1. The van der Waals surface area contributed by atoms with E-state index in [1.54, 1.807) is 12.4 Å². The number of halogens is 1. The van der Waals surface area contributed by atoms with Crippen molar-refractivity contribution in [2.24, 2.45) is 7.05 Å². The van der Waals surface area contributed by atoms with E-state index < -0.39 is 0 Å². The Labute approximate surface area is 133 Å². The Kier molecular flexibility index (Phi) is 3.85. The molecule has 0 aliphatic carbocycles. The molecular weight excluding hydrogens is 352 g/mol. The summed E-state index contributed by atoms with van der Waals surface area (Å²) in [5.41, 5.74) is 2.26. The van der Waals surface area contributed by atoms with Crippen LogP contribution in [0.3, 0.4) is 0 Å². The van der Waals surface area contributed by atoms with E-state index in [0.717, 1.165) is 20.9 Å². The number of carbonyl (C=O) groups is 1. The maximum absolute atomic E-state index is 12.1. The van der Waals surface area contributed by atoms with Gasteiger partial charge < -0.3 is 9.88 Å². The fourth-order valence-corrected chi connectivity index (χ4v) is 3.05. The monoisotopic (exact) mass is 362 g/mol. The molecule has 0 bridgehead atoms. The van der Waals surface area contributed by atoms with Crippen molar-refractivity contribution in [2.75, 3.05) is 5.32 Å². The first-order chi connectivity index (χ1) is 10.1. The molecule has 7 heteroatoms. The van der Waals surface area contributed by atoms with Gasteiger partial charge in [0.2, 0.25) is 0 Å². The summed E-state index contributed by atoms with van der Waals surface area (Å²) in [5.74, 6) is 0.622. The number of amides is 1. The van der Waals surface area contributed by atoms with Crippen LogP contribution in [-0.4, -0.2) is 20.7 Å². The predicted molar refractivity (Wildman–Crippen MR) is 86.4 cm³/mol. The molecule has 5 nitrogen and oxygen atoms in total. The first kappa shape index (κ1) is 14.0. The van der Waals surface area contributed by atoms with Crippen LogP contribution in [0, 0.1) is 0 Å². The van der Waals surface area contributed by atoms with Gasteiger partial charge in [0.15, 0.2) is 5.82 Å². The summed E-state index contributed by atoms with van der Waals surface area (Å²) in [6, 6.07) is 9.33. The van der Waals surface area contributed by atoms with Gasteiger partial charge in [0.25, 0.3) is 5.91 Å². The normalized spacial score (nSPS) is 10.6. The summed E-state index contributed by atoms with van der Waals surface area (Å²) in [6.45, 7) is 0. The second-order valence-corrected chi connectivity index (χ2v) is 6.73. The molecule has 2 heterocycles. The summed E-state index contributed by atoms with van der Waals surface area (Å²) in [6.07, 6.45) is 1.64. The fraction of sp³-hybridized carbons (Fsp3) is 0.0714. The molecule has 0 atom stereocenters. The minimum absolute atomic E-state index is 0.132. The zero-order valence-corrected chi connectivity index (χ0v) is 13.5. The second-order valence-electron chi connectivity index (χ2n) is 4.44.